The molecule has 0 atom stereocenters. The van der Waals surface area contributed by atoms with Crippen molar-refractivity contribution in [2.24, 2.45) is 0 Å². The molecule has 0 aromatic heterocycles. The summed E-state index contributed by atoms with van der Waals surface area (Å²) in [6.07, 6.45) is 0. The molecule has 0 spiro atoms. The zero-order chi connectivity index (χ0) is 26.3. The van der Waals surface area contributed by atoms with Crippen LogP contribution in [0.2, 0.25) is 0 Å². The van der Waals surface area contributed by atoms with Gasteiger partial charge in [-0.05, 0) is 36.4 Å². The van der Waals surface area contributed by atoms with Crippen molar-refractivity contribution >= 4 is 29.2 Å². The molecule has 5 rings (SSSR count). The van der Waals surface area contributed by atoms with Crippen LogP contribution < -0.4 is 19.1 Å². The number of rotatable bonds is 3. The van der Waals surface area contributed by atoms with Gasteiger partial charge in [-0.3, -0.25) is 19.2 Å². The van der Waals surface area contributed by atoms with Gasteiger partial charge in [0.1, 0.15) is 22.9 Å². The number of fused-ring (bicyclic) bond motifs is 2. The van der Waals surface area contributed by atoms with Crippen LogP contribution in [-0.2, 0) is 16.1 Å². The summed E-state index contributed by atoms with van der Waals surface area (Å²) in [5.41, 5.74) is 0.936. The smallest absolute Gasteiger partial charge is 0.308 e. The van der Waals surface area contributed by atoms with Gasteiger partial charge in [0.15, 0.2) is 0 Å². The second kappa shape index (κ2) is 9.09. The predicted octanol–water partition coefficient (Wildman–Crippen LogP) is 4.10. The molecule has 0 N–H and O–H groups in total. The van der Waals surface area contributed by atoms with Crippen molar-refractivity contribution in [3.05, 3.63) is 94.4 Å². The lowest BCUT2D eigenvalue weighted by Gasteiger charge is -2.29. The van der Waals surface area contributed by atoms with Crippen molar-refractivity contribution in [3.63, 3.8) is 0 Å². The van der Waals surface area contributed by atoms with Crippen LogP contribution in [0.5, 0.6) is 17.2 Å². The Labute approximate surface area is 211 Å². The topological polar surface area (TPSA) is 123 Å². The molecule has 3 aromatic rings. The number of benzene rings is 3. The van der Waals surface area contributed by atoms with E-state index in [1.165, 1.54) is 12.1 Å². The number of hydrogen-bond acceptors (Lipinski definition) is 9. The molecule has 1 heterocycles. The maximum absolute atomic E-state index is 14.2. The van der Waals surface area contributed by atoms with Gasteiger partial charge >= 0.3 is 11.9 Å². The summed E-state index contributed by atoms with van der Waals surface area (Å²) in [5.74, 6) is -3.05. The zero-order valence-corrected chi connectivity index (χ0v) is 19.7. The van der Waals surface area contributed by atoms with E-state index in [2.05, 4.69) is 6.07 Å². The number of esters is 2. The predicted molar refractivity (Wildman–Crippen MR) is 129 cm³/mol. The average Bonchev–Trinajstić information content (AvgIpc) is 3.05. The number of carbonyl (C=O) groups excluding carboxylic acids is 4. The minimum Gasteiger partial charge on any atom is -0.450 e. The number of ether oxygens (including phenoxy) is 3. The first-order valence-corrected chi connectivity index (χ1v) is 11.2. The van der Waals surface area contributed by atoms with Crippen molar-refractivity contribution in [2.45, 2.75) is 20.4 Å². The van der Waals surface area contributed by atoms with E-state index >= 15 is 0 Å². The first kappa shape index (κ1) is 23.5. The molecule has 37 heavy (non-hydrogen) atoms. The number of hydrogen-bond donors (Lipinski definition) is 0. The minimum atomic E-state index is -0.729. The van der Waals surface area contributed by atoms with Gasteiger partial charge in [0.05, 0.1) is 29.3 Å². The molecular formula is C28H18N2O7. The molecule has 0 saturated carbocycles. The van der Waals surface area contributed by atoms with E-state index in [0.29, 0.717) is 22.6 Å². The standard InChI is InChI=1S/C28H18N2O7/c1-15(31)35-21-10-11-22(36-16(2)32)24-23(21)26(33)25-28(27(24)34)37-20-9-4-3-7-18(20)14-30(25)19-8-5-6-17(12-19)13-29/h3-12H,14H2,1-2H3. The lowest BCUT2D eigenvalue weighted by Crippen LogP contribution is -2.35. The molecule has 0 bridgehead atoms. The average molecular weight is 494 g/mol. The second-order valence-electron chi connectivity index (χ2n) is 8.29. The van der Waals surface area contributed by atoms with Gasteiger partial charge in [0.25, 0.3) is 0 Å². The number of ketones is 2. The quantitative estimate of drug-likeness (QED) is 0.391. The third-order valence-corrected chi connectivity index (χ3v) is 5.80. The number of para-hydroxylation sites is 1. The molecule has 1 aliphatic heterocycles. The van der Waals surface area contributed by atoms with Gasteiger partial charge in [0.2, 0.25) is 17.3 Å². The first-order chi connectivity index (χ1) is 17.8. The zero-order valence-electron chi connectivity index (χ0n) is 19.7. The van der Waals surface area contributed by atoms with Gasteiger partial charge < -0.3 is 19.1 Å². The molecule has 0 unspecified atom stereocenters. The van der Waals surface area contributed by atoms with E-state index < -0.39 is 23.5 Å². The van der Waals surface area contributed by atoms with Crippen molar-refractivity contribution in [1.29, 1.82) is 5.26 Å². The second-order valence-corrected chi connectivity index (χ2v) is 8.29. The van der Waals surface area contributed by atoms with Crippen molar-refractivity contribution in [1.82, 2.24) is 0 Å². The molecule has 0 saturated heterocycles. The fourth-order valence-electron chi connectivity index (χ4n) is 4.33. The number of allylic oxidation sites excluding steroid dienone is 2. The maximum atomic E-state index is 14.2. The molecule has 0 radical (unpaired) electrons. The SMILES string of the molecule is CC(=O)Oc1ccc(OC(C)=O)c2c1C(=O)C1=C(C2=O)N(c2cccc(C#N)c2)Cc2ccccc2O1. The lowest BCUT2D eigenvalue weighted by molar-refractivity contribution is -0.133. The summed E-state index contributed by atoms with van der Waals surface area (Å²) in [4.78, 5) is 53.3. The lowest BCUT2D eigenvalue weighted by atomic mass is 9.88. The Morgan fingerprint density at radius 2 is 1.54 bits per heavy atom. The van der Waals surface area contributed by atoms with Crippen LogP contribution in [0.3, 0.4) is 0 Å². The Bertz CT molecular complexity index is 1600. The van der Waals surface area contributed by atoms with Crippen LogP contribution in [0.25, 0.3) is 0 Å². The molecule has 0 amide bonds. The van der Waals surface area contributed by atoms with Gasteiger partial charge in [-0.2, -0.15) is 5.26 Å². The van der Waals surface area contributed by atoms with E-state index in [0.717, 1.165) is 13.8 Å². The monoisotopic (exact) mass is 494 g/mol. The summed E-state index contributed by atoms with van der Waals surface area (Å²) in [7, 11) is 0. The minimum absolute atomic E-state index is 0.0998. The van der Waals surface area contributed by atoms with Crippen LogP contribution in [0.1, 0.15) is 45.7 Å². The molecule has 9 nitrogen and oxygen atoms in total. The highest BCUT2D eigenvalue weighted by molar-refractivity contribution is 6.29. The first-order valence-electron chi connectivity index (χ1n) is 11.2. The van der Waals surface area contributed by atoms with E-state index in [-0.39, 0.29) is 40.6 Å². The molecule has 9 heteroatoms. The normalized spacial score (nSPS) is 13.9. The highest BCUT2D eigenvalue weighted by atomic mass is 16.5. The fourth-order valence-corrected chi connectivity index (χ4v) is 4.33. The van der Waals surface area contributed by atoms with Gasteiger partial charge in [0, 0.05) is 25.1 Å². The number of nitrogens with zero attached hydrogens (tertiary/aromatic N) is 2. The van der Waals surface area contributed by atoms with Crippen LogP contribution in [0, 0.1) is 11.3 Å². The summed E-state index contributed by atoms with van der Waals surface area (Å²) in [5, 5.41) is 9.44. The Morgan fingerprint density at radius 1 is 0.892 bits per heavy atom. The summed E-state index contributed by atoms with van der Waals surface area (Å²) in [6.45, 7) is 2.47. The van der Waals surface area contributed by atoms with Gasteiger partial charge in [-0.15, -0.1) is 0 Å². The maximum Gasteiger partial charge on any atom is 0.308 e. The van der Waals surface area contributed by atoms with Crippen LogP contribution in [0.15, 0.2) is 72.1 Å². The summed E-state index contributed by atoms with van der Waals surface area (Å²) >= 11 is 0. The fraction of sp³-hybridized carbons (Fsp3) is 0.107. The molecule has 2 aliphatic rings. The number of anilines is 1. The molecule has 0 fully saturated rings. The van der Waals surface area contributed by atoms with Crippen molar-refractivity contribution in [3.8, 4) is 23.3 Å². The molecular weight excluding hydrogens is 476 g/mol. The largest absolute Gasteiger partial charge is 0.450 e. The van der Waals surface area contributed by atoms with Gasteiger partial charge in [-0.25, -0.2) is 0 Å². The van der Waals surface area contributed by atoms with Gasteiger partial charge in [-0.1, -0.05) is 24.3 Å². The van der Waals surface area contributed by atoms with E-state index in [1.54, 1.807) is 53.4 Å². The Kier molecular flexibility index (Phi) is 5.78. The van der Waals surface area contributed by atoms with Crippen LogP contribution in [0.4, 0.5) is 5.69 Å². The number of Topliss-reactive ketones (excluding diaryl/α,β-unsaturated/α-hetero) is 2. The highest BCUT2D eigenvalue weighted by Gasteiger charge is 2.43. The van der Waals surface area contributed by atoms with Crippen molar-refractivity contribution in [2.75, 3.05) is 4.90 Å². The van der Waals surface area contributed by atoms with E-state index in [1.807, 2.05) is 0 Å². The molecule has 182 valence electrons. The number of carbonyl (C=O) groups is 4. The van der Waals surface area contributed by atoms with Crippen LogP contribution >= 0.6 is 0 Å². The van der Waals surface area contributed by atoms with Crippen LogP contribution in [-0.4, -0.2) is 23.5 Å². The van der Waals surface area contributed by atoms with Crippen molar-refractivity contribution < 1.29 is 33.4 Å². The van der Waals surface area contributed by atoms with E-state index in [9.17, 15) is 24.4 Å². The third kappa shape index (κ3) is 4.10. The summed E-state index contributed by atoms with van der Waals surface area (Å²) < 4.78 is 16.5. The molecule has 1 aliphatic carbocycles. The Morgan fingerprint density at radius 3 is 2.19 bits per heavy atom. The third-order valence-electron chi connectivity index (χ3n) is 5.80. The summed E-state index contributed by atoms with van der Waals surface area (Å²) in [6, 6.07) is 18.2. The highest BCUT2D eigenvalue weighted by Crippen LogP contribution is 2.43. The number of nitriles is 1. The molecule has 3 aromatic carbocycles. The Hall–Kier alpha value is -5.23. The Balaban J connectivity index is 1.79. The van der Waals surface area contributed by atoms with E-state index in [4.69, 9.17) is 14.2 Å².